The number of aromatic amines is 1. The Kier molecular flexibility index (Phi) is 4.55. The lowest BCUT2D eigenvalue weighted by Gasteiger charge is -2.39. The van der Waals surface area contributed by atoms with Gasteiger partial charge in [0.15, 0.2) is 0 Å². The molecule has 0 aliphatic heterocycles. The van der Waals surface area contributed by atoms with E-state index in [2.05, 4.69) is 27.3 Å². The van der Waals surface area contributed by atoms with E-state index in [0.717, 1.165) is 22.7 Å². The number of benzene rings is 1. The molecule has 1 fully saturated rings. The minimum atomic E-state index is -0.226. The zero-order valence-electron chi connectivity index (χ0n) is 15.8. The van der Waals surface area contributed by atoms with Crippen molar-refractivity contribution in [2.75, 3.05) is 0 Å². The summed E-state index contributed by atoms with van der Waals surface area (Å²) >= 11 is 0. The van der Waals surface area contributed by atoms with Gasteiger partial charge in [0.25, 0.3) is 0 Å². The number of H-pyrrole nitrogens is 1. The fourth-order valence-electron chi connectivity index (χ4n) is 5.02. The first-order chi connectivity index (χ1) is 13.8. The van der Waals surface area contributed by atoms with E-state index in [1.807, 2.05) is 30.6 Å². The van der Waals surface area contributed by atoms with Gasteiger partial charge in [0, 0.05) is 23.4 Å². The van der Waals surface area contributed by atoms with Gasteiger partial charge >= 0.3 is 0 Å². The number of halogens is 1. The molecule has 1 aromatic carbocycles. The number of allylic oxidation sites excluding steroid dienone is 1. The second kappa shape index (κ2) is 7.34. The molecule has 2 aliphatic carbocycles. The van der Waals surface area contributed by atoms with E-state index >= 15 is 0 Å². The van der Waals surface area contributed by atoms with E-state index in [0.29, 0.717) is 11.8 Å². The standard InChI is InChI=1S/C24H24FN3/c25-20-6-3-5-16(13-20)18-8-9-21(26-14-18)10-11-23-22-7-2-1-4-17(22)12-19-15-27-28-24(19)23/h3,5-6,8-11,13-15,17,22-23H,1-2,4,7,12H2,(H,27,28)/b11-10+. The molecule has 2 aliphatic rings. The second-order valence-electron chi connectivity index (χ2n) is 8.09. The topological polar surface area (TPSA) is 41.6 Å². The van der Waals surface area contributed by atoms with Crippen molar-refractivity contribution < 1.29 is 4.39 Å². The van der Waals surface area contributed by atoms with Crippen LogP contribution in [0.25, 0.3) is 17.2 Å². The van der Waals surface area contributed by atoms with E-state index in [4.69, 9.17) is 0 Å². The van der Waals surface area contributed by atoms with Gasteiger partial charge in [0.05, 0.1) is 11.9 Å². The van der Waals surface area contributed by atoms with Crippen LogP contribution in [0.3, 0.4) is 0 Å². The summed E-state index contributed by atoms with van der Waals surface area (Å²) < 4.78 is 13.4. The molecule has 2 heterocycles. The van der Waals surface area contributed by atoms with Crippen LogP contribution in [-0.4, -0.2) is 15.2 Å². The number of nitrogens with zero attached hydrogens (tertiary/aromatic N) is 2. The number of hydrogen-bond acceptors (Lipinski definition) is 2. The lowest BCUT2D eigenvalue weighted by molar-refractivity contribution is 0.201. The Bertz CT molecular complexity index is 989. The zero-order valence-corrected chi connectivity index (χ0v) is 15.8. The van der Waals surface area contributed by atoms with Gasteiger partial charge < -0.3 is 0 Å². The predicted molar refractivity (Wildman–Crippen MR) is 109 cm³/mol. The van der Waals surface area contributed by atoms with E-state index in [-0.39, 0.29) is 5.82 Å². The van der Waals surface area contributed by atoms with Gasteiger partial charge in [-0.05, 0) is 66.5 Å². The first-order valence-electron chi connectivity index (χ1n) is 10.2. The summed E-state index contributed by atoms with van der Waals surface area (Å²) in [6.45, 7) is 0. The molecule has 4 heteroatoms. The van der Waals surface area contributed by atoms with E-state index in [1.54, 1.807) is 6.07 Å². The average molecular weight is 373 g/mol. The van der Waals surface area contributed by atoms with Gasteiger partial charge in [0.1, 0.15) is 5.82 Å². The molecule has 3 nitrogen and oxygen atoms in total. The number of fused-ring (bicyclic) bond motifs is 2. The highest BCUT2D eigenvalue weighted by Gasteiger charge is 2.37. The minimum absolute atomic E-state index is 0.226. The highest BCUT2D eigenvalue weighted by atomic mass is 19.1. The van der Waals surface area contributed by atoms with Crippen LogP contribution in [0.5, 0.6) is 0 Å². The van der Waals surface area contributed by atoms with Crippen LogP contribution in [0.2, 0.25) is 0 Å². The summed E-state index contributed by atoms with van der Waals surface area (Å²) in [5.74, 6) is 1.64. The quantitative estimate of drug-likeness (QED) is 0.633. The fourth-order valence-corrected chi connectivity index (χ4v) is 5.02. The van der Waals surface area contributed by atoms with E-state index in [1.165, 1.54) is 55.5 Å². The minimum Gasteiger partial charge on any atom is -0.282 e. The first kappa shape index (κ1) is 17.4. The maximum atomic E-state index is 13.4. The Labute approximate surface area is 164 Å². The number of pyridine rings is 1. The molecule has 0 radical (unpaired) electrons. The summed E-state index contributed by atoms with van der Waals surface area (Å²) in [6, 6.07) is 10.6. The third-order valence-corrected chi connectivity index (χ3v) is 6.41. The molecule has 0 saturated heterocycles. The molecule has 1 N–H and O–H groups in total. The molecular formula is C24H24FN3. The predicted octanol–water partition coefficient (Wildman–Crippen LogP) is 5.77. The van der Waals surface area contributed by atoms with Crippen LogP contribution in [0.1, 0.15) is 48.6 Å². The molecule has 28 heavy (non-hydrogen) atoms. The lowest BCUT2D eigenvalue weighted by Crippen LogP contribution is -2.31. The van der Waals surface area contributed by atoms with Crippen LogP contribution in [0.15, 0.2) is 54.9 Å². The smallest absolute Gasteiger partial charge is 0.123 e. The Balaban J connectivity index is 1.39. The van der Waals surface area contributed by atoms with Gasteiger partial charge in [0.2, 0.25) is 0 Å². The van der Waals surface area contributed by atoms with Gasteiger partial charge in [-0.1, -0.05) is 37.1 Å². The molecular weight excluding hydrogens is 349 g/mol. The van der Waals surface area contributed by atoms with Gasteiger partial charge in [-0.25, -0.2) is 4.39 Å². The van der Waals surface area contributed by atoms with E-state index < -0.39 is 0 Å². The number of rotatable bonds is 3. The van der Waals surface area contributed by atoms with Crippen molar-refractivity contribution in [1.29, 1.82) is 0 Å². The summed E-state index contributed by atoms with van der Waals surface area (Å²) in [6.07, 6.45) is 14.7. The maximum absolute atomic E-state index is 13.4. The van der Waals surface area contributed by atoms with Crippen molar-refractivity contribution in [2.24, 2.45) is 11.8 Å². The van der Waals surface area contributed by atoms with Crippen LogP contribution < -0.4 is 0 Å². The van der Waals surface area contributed by atoms with Gasteiger partial charge in [-0.15, -0.1) is 0 Å². The molecule has 3 atom stereocenters. The molecule has 0 amide bonds. The molecule has 0 bridgehead atoms. The SMILES string of the molecule is Fc1cccc(-c2ccc(/C=C/C3c4[nH]ncc4CC4CCCCC43)nc2)c1. The fraction of sp³-hybridized carbons (Fsp3) is 0.333. The van der Waals surface area contributed by atoms with Crippen LogP contribution in [0, 0.1) is 17.7 Å². The molecule has 142 valence electrons. The Morgan fingerprint density at radius 3 is 2.82 bits per heavy atom. The Hall–Kier alpha value is -2.75. The van der Waals surface area contributed by atoms with Crippen LogP contribution in [-0.2, 0) is 6.42 Å². The van der Waals surface area contributed by atoms with Crippen LogP contribution >= 0.6 is 0 Å². The van der Waals surface area contributed by atoms with Crippen molar-refractivity contribution >= 4 is 6.08 Å². The van der Waals surface area contributed by atoms with Crippen molar-refractivity contribution in [3.8, 4) is 11.1 Å². The second-order valence-corrected chi connectivity index (χ2v) is 8.09. The first-order valence-corrected chi connectivity index (χ1v) is 10.2. The largest absolute Gasteiger partial charge is 0.282 e. The van der Waals surface area contributed by atoms with Crippen molar-refractivity contribution in [2.45, 2.75) is 38.0 Å². The summed E-state index contributed by atoms with van der Waals surface area (Å²) in [5, 5.41) is 7.57. The third kappa shape index (κ3) is 3.28. The number of nitrogens with one attached hydrogen (secondary N) is 1. The normalized spacial score (nSPS) is 24.1. The summed E-state index contributed by atoms with van der Waals surface area (Å²) in [7, 11) is 0. The maximum Gasteiger partial charge on any atom is 0.123 e. The summed E-state index contributed by atoms with van der Waals surface area (Å²) in [5.41, 5.74) is 5.38. The molecule has 3 aromatic rings. The Morgan fingerprint density at radius 1 is 1.04 bits per heavy atom. The monoisotopic (exact) mass is 373 g/mol. The molecule has 0 spiro atoms. The number of hydrogen-bond donors (Lipinski definition) is 1. The van der Waals surface area contributed by atoms with Crippen LogP contribution in [0.4, 0.5) is 4.39 Å². The van der Waals surface area contributed by atoms with Crippen molar-refractivity contribution in [1.82, 2.24) is 15.2 Å². The van der Waals surface area contributed by atoms with Crippen molar-refractivity contribution in [3.05, 3.63) is 77.6 Å². The highest BCUT2D eigenvalue weighted by molar-refractivity contribution is 5.63. The van der Waals surface area contributed by atoms with E-state index in [9.17, 15) is 4.39 Å². The molecule has 1 saturated carbocycles. The molecule has 5 rings (SSSR count). The van der Waals surface area contributed by atoms with Gasteiger partial charge in [-0.3, -0.25) is 10.1 Å². The summed E-state index contributed by atoms with van der Waals surface area (Å²) in [4.78, 5) is 4.58. The molecule has 2 aromatic heterocycles. The average Bonchev–Trinajstić information content (AvgIpc) is 3.20. The number of aromatic nitrogens is 3. The lowest BCUT2D eigenvalue weighted by atomic mass is 9.65. The highest BCUT2D eigenvalue weighted by Crippen LogP contribution is 2.46. The zero-order chi connectivity index (χ0) is 18.9. The Morgan fingerprint density at radius 2 is 1.96 bits per heavy atom. The molecule has 3 unspecified atom stereocenters. The van der Waals surface area contributed by atoms with Crippen molar-refractivity contribution in [3.63, 3.8) is 0 Å². The van der Waals surface area contributed by atoms with Gasteiger partial charge in [-0.2, -0.15) is 5.10 Å². The third-order valence-electron chi connectivity index (χ3n) is 6.41.